The van der Waals surface area contributed by atoms with Crippen molar-refractivity contribution in [2.24, 2.45) is 0 Å². The average molecular weight is 205 g/mol. The highest BCUT2D eigenvalue weighted by molar-refractivity contribution is 5.51. The molecule has 0 aliphatic carbocycles. The molecule has 77 valence electrons. The first kappa shape index (κ1) is 11.1. The van der Waals surface area contributed by atoms with Gasteiger partial charge in [0, 0.05) is 18.6 Å². The minimum Gasteiger partial charge on any atom is -0.396 e. The monoisotopic (exact) mass is 205 g/mol. The van der Waals surface area contributed by atoms with Crippen molar-refractivity contribution < 1.29 is 10.0 Å². The summed E-state index contributed by atoms with van der Waals surface area (Å²) in [7, 11) is 0. The number of nitro groups is 1. The third kappa shape index (κ3) is 2.30. The lowest BCUT2D eigenvalue weighted by Gasteiger charge is -2.07. The molecule has 0 aliphatic heterocycles. The van der Waals surface area contributed by atoms with Crippen LogP contribution in [0.5, 0.6) is 0 Å². The molecule has 5 nitrogen and oxygen atoms in total. The Balaban J connectivity index is 3.23. The van der Waals surface area contributed by atoms with E-state index in [0.717, 1.165) is 0 Å². The van der Waals surface area contributed by atoms with Gasteiger partial charge in [0.15, 0.2) is 0 Å². The first-order valence-electron chi connectivity index (χ1n) is 4.22. The van der Waals surface area contributed by atoms with Crippen molar-refractivity contribution in [3.8, 4) is 6.07 Å². The standard InChI is InChI=1S/C10H9N2O3/c1-7(6-13)8-2-3-9(5-11)10(4-8)12(14)15/h2-4,7,13H,1,6H2. The molecule has 1 radical (unpaired) electrons. The van der Waals surface area contributed by atoms with Crippen molar-refractivity contribution in [1.29, 1.82) is 5.26 Å². The molecule has 0 heterocycles. The van der Waals surface area contributed by atoms with E-state index in [-0.39, 0.29) is 17.9 Å². The number of hydrogen-bond acceptors (Lipinski definition) is 4. The topological polar surface area (TPSA) is 87.2 Å². The van der Waals surface area contributed by atoms with Gasteiger partial charge >= 0.3 is 0 Å². The predicted octanol–water partition coefficient (Wildman–Crippen LogP) is 1.38. The Morgan fingerprint density at radius 3 is 2.80 bits per heavy atom. The summed E-state index contributed by atoms with van der Waals surface area (Å²) in [5.41, 5.74) is 0.300. The summed E-state index contributed by atoms with van der Waals surface area (Å²) in [6, 6.07) is 5.92. The Hall–Kier alpha value is -1.93. The summed E-state index contributed by atoms with van der Waals surface area (Å²) >= 11 is 0. The van der Waals surface area contributed by atoms with Crippen LogP contribution in [0.3, 0.4) is 0 Å². The van der Waals surface area contributed by atoms with Crippen LogP contribution in [0.15, 0.2) is 18.2 Å². The van der Waals surface area contributed by atoms with Crippen molar-refractivity contribution in [2.45, 2.75) is 5.92 Å². The number of nitriles is 1. The Morgan fingerprint density at radius 2 is 2.33 bits per heavy atom. The zero-order chi connectivity index (χ0) is 11.4. The molecule has 0 spiro atoms. The second-order valence-electron chi connectivity index (χ2n) is 3.02. The maximum absolute atomic E-state index is 10.6. The van der Waals surface area contributed by atoms with E-state index in [0.29, 0.717) is 5.56 Å². The van der Waals surface area contributed by atoms with Crippen LogP contribution in [-0.4, -0.2) is 16.6 Å². The van der Waals surface area contributed by atoms with Crippen LogP contribution in [0.1, 0.15) is 17.0 Å². The summed E-state index contributed by atoms with van der Waals surface area (Å²) in [4.78, 5) is 10.00. The van der Waals surface area contributed by atoms with E-state index in [9.17, 15) is 10.1 Å². The van der Waals surface area contributed by atoms with E-state index in [1.165, 1.54) is 12.1 Å². The maximum Gasteiger partial charge on any atom is 0.287 e. The normalized spacial score (nSPS) is 11.8. The van der Waals surface area contributed by atoms with Gasteiger partial charge in [0.2, 0.25) is 0 Å². The molecular formula is C10H9N2O3. The first-order valence-corrected chi connectivity index (χ1v) is 4.22. The van der Waals surface area contributed by atoms with Gasteiger partial charge in [-0.3, -0.25) is 10.1 Å². The van der Waals surface area contributed by atoms with Gasteiger partial charge in [0.1, 0.15) is 11.6 Å². The van der Waals surface area contributed by atoms with Gasteiger partial charge in [0.25, 0.3) is 5.69 Å². The molecule has 0 bridgehead atoms. The molecule has 1 aromatic carbocycles. The quantitative estimate of drug-likeness (QED) is 0.596. The van der Waals surface area contributed by atoms with Gasteiger partial charge in [-0.2, -0.15) is 5.26 Å². The largest absolute Gasteiger partial charge is 0.396 e. The van der Waals surface area contributed by atoms with E-state index in [1.54, 1.807) is 12.1 Å². The van der Waals surface area contributed by atoms with Gasteiger partial charge < -0.3 is 5.11 Å². The van der Waals surface area contributed by atoms with Crippen LogP contribution >= 0.6 is 0 Å². The number of nitrogens with zero attached hydrogens (tertiary/aromatic N) is 2. The lowest BCUT2D eigenvalue weighted by Crippen LogP contribution is -2.01. The Morgan fingerprint density at radius 1 is 1.67 bits per heavy atom. The zero-order valence-corrected chi connectivity index (χ0v) is 7.88. The van der Waals surface area contributed by atoms with Crippen molar-refractivity contribution in [2.75, 3.05) is 6.61 Å². The van der Waals surface area contributed by atoms with E-state index in [2.05, 4.69) is 6.92 Å². The minimum absolute atomic E-state index is 0.00823. The third-order valence-corrected chi connectivity index (χ3v) is 2.03. The molecule has 0 amide bonds. The first-order chi connectivity index (χ1) is 7.10. The molecule has 15 heavy (non-hydrogen) atoms. The molecule has 1 N–H and O–H groups in total. The lowest BCUT2D eigenvalue weighted by molar-refractivity contribution is -0.385. The minimum atomic E-state index is -0.619. The number of nitro benzene ring substituents is 1. The molecule has 1 rings (SSSR count). The highest BCUT2D eigenvalue weighted by Gasteiger charge is 2.16. The second kappa shape index (κ2) is 4.53. The summed E-state index contributed by atoms with van der Waals surface area (Å²) in [5.74, 6) is -0.420. The molecule has 0 aromatic heterocycles. The van der Waals surface area contributed by atoms with Crippen LogP contribution in [0.4, 0.5) is 5.69 Å². The maximum atomic E-state index is 10.6. The molecule has 5 heteroatoms. The number of hydrogen-bond donors (Lipinski definition) is 1. The van der Waals surface area contributed by atoms with Crippen LogP contribution in [0, 0.1) is 28.4 Å². The van der Waals surface area contributed by atoms with Crippen molar-refractivity contribution >= 4 is 5.69 Å². The van der Waals surface area contributed by atoms with Crippen molar-refractivity contribution in [1.82, 2.24) is 0 Å². The average Bonchev–Trinajstić information content (AvgIpc) is 2.27. The number of aliphatic hydroxyl groups excluding tert-OH is 1. The highest BCUT2D eigenvalue weighted by atomic mass is 16.6. The summed E-state index contributed by atoms with van der Waals surface area (Å²) in [6.07, 6.45) is 0. The molecule has 1 unspecified atom stereocenters. The van der Waals surface area contributed by atoms with Crippen LogP contribution in [0.2, 0.25) is 0 Å². The van der Waals surface area contributed by atoms with Crippen LogP contribution < -0.4 is 0 Å². The number of benzene rings is 1. The number of aliphatic hydroxyl groups is 1. The fraction of sp³-hybridized carbons (Fsp3) is 0.200. The fourth-order valence-electron chi connectivity index (χ4n) is 1.15. The van der Waals surface area contributed by atoms with E-state index in [1.807, 2.05) is 0 Å². The molecule has 0 saturated carbocycles. The van der Waals surface area contributed by atoms with E-state index in [4.69, 9.17) is 10.4 Å². The predicted molar refractivity (Wildman–Crippen MR) is 53.0 cm³/mol. The van der Waals surface area contributed by atoms with Crippen LogP contribution in [-0.2, 0) is 0 Å². The smallest absolute Gasteiger partial charge is 0.287 e. The van der Waals surface area contributed by atoms with Crippen LogP contribution in [0.25, 0.3) is 0 Å². The molecular weight excluding hydrogens is 196 g/mol. The van der Waals surface area contributed by atoms with Gasteiger partial charge in [0.05, 0.1) is 4.92 Å². The molecule has 0 aliphatic rings. The Kier molecular flexibility index (Phi) is 3.37. The zero-order valence-electron chi connectivity index (χ0n) is 7.88. The van der Waals surface area contributed by atoms with Gasteiger partial charge in [-0.1, -0.05) is 6.07 Å². The summed E-state index contributed by atoms with van der Waals surface area (Å²) < 4.78 is 0. The summed E-state index contributed by atoms with van der Waals surface area (Å²) in [5, 5.41) is 28.1. The third-order valence-electron chi connectivity index (χ3n) is 2.03. The van der Waals surface area contributed by atoms with Gasteiger partial charge in [-0.15, -0.1) is 0 Å². The van der Waals surface area contributed by atoms with E-state index >= 15 is 0 Å². The Labute approximate surface area is 86.7 Å². The SMILES string of the molecule is [CH2]C(CO)c1ccc(C#N)c([N+](=O)[O-])c1. The molecule has 0 saturated heterocycles. The van der Waals surface area contributed by atoms with Crippen molar-refractivity contribution in [3.05, 3.63) is 46.4 Å². The second-order valence-corrected chi connectivity index (χ2v) is 3.02. The van der Waals surface area contributed by atoms with Gasteiger partial charge in [-0.05, 0) is 18.6 Å². The Bertz CT molecular complexity index is 423. The fourth-order valence-corrected chi connectivity index (χ4v) is 1.15. The molecule has 1 atom stereocenters. The van der Waals surface area contributed by atoms with Crippen molar-refractivity contribution in [3.63, 3.8) is 0 Å². The summed E-state index contributed by atoms with van der Waals surface area (Å²) in [6.45, 7) is 3.44. The highest BCUT2D eigenvalue weighted by Crippen LogP contribution is 2.23. The van der Waals surface area contributed by atoms with E-state index < -0.39 is 10.8 Å². The molecule has 1 aromatic rings. The number of rotatable bonds is 3. The lowest BCUT2D eigenvalue weighted by atomic mass is 10.00. The molecule has 0 fully saturated rings. The van der Waals surface area contributed by atoms with Gasteiger partial charge in [-0.25, -0.2) is 0 Å².